The van der Waals surface area contributed by atoms with E-state index in [2.05, 4.69) is 19.1 Å². The Balaban J connectivity index is 3.05. The Morgan fingerprint density at radius 2 is 0.650 bits per heavy atom. The second-order valence-electron chi connectivity index (χ2n) is 9.95. The molecule has 240 valence electrons. The molecule has 0 aromatic rings. The molecule has 1 N–H and O–H groups in total. The van der Waals surface area contributed by atoms with E-state index in [4.69, 9.17) is 38.3 Å². The minimum Gasteiger partial charge on any atom is -0.394 e. The van der Waals surface area contributed by atoms with Gasteiger partial charge in [-0.15, -0.1) is 0 Å². The number of ether oxygens (including phenoxy) is 7. The van der Waals surface area contributed by atoms with Crippen molar-refractivity contribution in [2.75, 3.05) is 99.1 Å². The molecule has 0 bridgehead atoms. The molecule has 0 aliphatic carbocycles. The smallest absolute Gasteiger partial charge is 0.0701 e. The number of aliphatic hydroxyl groups excluding tert-OH is 1. The average molecular weight is 577 g/mol. The summed E-state index contributed by atoms with van der Waals surface area (Å²) < 4.78 is 38.0. The van der Waals surface area contributed by atoms with E-state index in [0.29, 0.717) is 85.9 Å². The number of rotatable bonds is 36. The number of unbranched alkanes of at least 4 members (excludes halogenated alkanes) is 12. The molecule has 0 atom stereocenters. The van der Waals surface area contributed by atoms with Crippen molar-refractivity contribution >= 4 is 0 Å². The first kappa shape index (κ1) is 39.4. The zero-order chi connectivity index (χ0) is 28.9. The first-order chi connectivity index (χ1) is 19.9. The van der Waals surface area contributed by atoms with E-state index in [1.54, 1.807) is 0 Å². The van der Waals surface area contributed by atoms with Crippen molar-refractivity contribution in [2.24, 2.45) is 0 Å². The summed E-state index contributed by atoms with van der Waals surface area (Å²) in [5.74, 6) is 0. The monoisotopic (exact) mass is 576 g/mol. The van der Waals surface area contributed by atoms with Gasteiger partial charge in [-0.05, 0) is 32.1 Å². The molecular weight excluding hydrogens is 512 g/mol. The number of allylic oxidation sites excluding steroid dienone is 2. The lowest BCUT2D eigenvalue weighted by molar-refractivity contribution is -0.0215. The minimum absolute atomic E-state index is 0.0376. The van der Waals surface area contributed by atoms with Crippen LogP contribution >= 0.6 is 0 Å². The van der Waals surface area contributed by atoms with E-state index >= 15 is 0 Å². The first-order valence-electron chi connectivity index (χ1n) is 16.2. The fourth-order valence-electron chi connectivity index (χ4n) is 3.94. The fourth-order valence-corrected chi connectivity index (χ4v) is 3.94. The van der Waals surface area contributed by atoms with Crippen molar-refractivity contribution < 1.29 is 38.3 Å². The van der Waals surface area contributed by atoms with Crippen LogP contribution in [0.2, 0.25) is 0 Å². The Bertz CT molecular complexity index is 464. The van der Waals surface area contributed by atoms with Crippen molar-refractivity contribution in [3.8, 4) is 0 Å². The van der Waals surface area contributed by atoms with Gasteiger partial charge in [0.1, 0.15) is 0 Å². The molecule has 0 aliphatic rings. The largest absolute Gasteiger partial charge is 0.394 e. The van der Waals surface area contributed by atoms with E-state index in [0.717, 1.165) is 13.0 Å². The van der Waals surface area contributed by atoms with Crippen molar-refractivity contribution in [2.45, 2.75) is 96.8 Å². The van der Waals surface area contributed by atoms with Crippen molar-refractivity contribution in [3.63, 3.8) is 0 Å². The fraction of sp³-hybridized carbons (Fsp3) is 0.938. The van der Waals surface area contributed by atoms with Gasteiger partial charge in [-0.1, -0.05) is 76.9 Å². The van der Waals surface area contributed by atoms with E-state index in [1.807, 2.05) is 0 Å². The van der Waals surface area contributed by atoms with Crippen molar-refractivity contribution in [1.82, 2.24) is 0 Å². The maximum absolute atomic E-state index is 8.57. The molecule has 0 radical (unpaired) electrons. The SMILES string of the molecule is CCCCCCCC/C=C\CCCCCCCCOCCOCCOCCOCCOCCOCCOCCO. The quantitative estimate of drug-likeness (QED) is 0.0704. The molecule has 40 heavy (non-hydrogen) atoms. The standard InChI is InChI=1S/C32H64O8/c1-2-3-4-5-6-7-8-9-10-11-12-13-14-15-16-17-19-34-21-23-36-25-27-38-29-31-40-32-30-39-28-26-37-24-22-35-20-18-33/h9-10,33H,2-8,11-32H2,1H3/b10-9-. The second kappa shape index (κ2) is 38.4. The highest BCUT2D eigenvalue weighted by molar-refractivity contribution is 4.81. The van der Waals surface area contributed by atoms with Gasteiger partial charge >= 0.3 is 0 Å². The number of hydrogen-bond acceptors (Lipinski definition) is 8. The Morgan fingerprint density at radius 1 is 0.350 bits per heavy atom. The third-order valence-electron chi connectivity index (χ3n) is 6.27. The summed E-state index contributed by atoms with van der Waals surface area (Å²) in [7, 11) is 0. The van der Waals surface area contributed by atoms with Gasteiger partial charge in [-0.2, -0.15) is 0 Å². The molecule has 0 saturated heterocycles. The summed E-state index contributed by atoms with van der Waals surface area (Å²) in [6.07, 6.45) is 23.3. The minimum atomic E-state index is 0.0376. The highest BCUT2D eigenvalue weighted by atomic mass is 16.6. The van der Waals surface area contributed by atoms with Crippen molar-refractivity contribution in [3.05, 3.63) is 12.2 Å². The van der Waals surface area contributed by atoms with E-state index in [9.17, 15) is 0 Å². The second-order valence-corrected chi connectivity index (χ2v) is 9.95. The van der Waals surface area contributed by atoms with Gasteiger partial charge in [-0.25, -0.2) is 0 Å². The van der Waals surface area contributed by atoms with Gasteiger partial charge in [0.15, 0.2) is 0 Å². The Morgan fingerprint density at radius 3 is 1.02 bits per heavy atom. The molecule has 8 heteroatoms. The van der Waals surface area contributed by atoms with Gasteiger partial charge < -0.3 is 38.3 Å². The summed E-state index contributed by atoms with van der Waals surface area (Å²) in [5, 5.41) is 8.57. The molecule has 0 fully saturated rings. The van der Waals surface area contributed by atoms with Gasteiger partial charge in [0.2, 0.25) is 0 Å². The third kappa shape index (κ3) is 37.4. The van der Waals surface area contributed by atoms with E-state index in [-0.39, 0.29) is 6.61 Å². The topological polar surface area (TPSA) is 84.8 Å². The summed E-state index contributed by atoms with van der Waals surface area (Å²) >= 11 is 0. The van der Waals surface area contributed by atoms with Crippen LogP contribution in [0.3, 0.4) is 0 Å². The van der Waals surface area contributed by atoms with Gasteiger partial charge in [0.05, 0.1) is 92.5 Å². The highest BCUT2D eigenvalue weighted by Crippen LogP contribution is 2.10. The van der Waals surface area contributed by atoms with Crippen LogP contribution < -0.4 is 0 Å². The maximum atomic E-state index is 8.57. The molecular formula is C32H64O8. The molecule has 0 heterocycles. The van der Waals surface area contributed by atoms with E-state index < -0.39 is 0 Å². The normalized spacial score (nSPS) is 11.8. The zero-order valence-corrected chi connectivity index (χ0v) is 26.0. The molecule has 8 nitrogen and oxygen atoms in total. The van der Waals surface area contributed by atoms with Crippen LogP contribution in [0.4, 0.5) is 0 Å². The molecule has 0 spiro atoms. The third-order valence-corrected chi connectivity index (χ3v) is 6.27. The summed E-state index contributed by atoms with van der Waals surface area (Å²) in [6.45, 7) is 10.1. The van der Waals surface area contributed by atoms with Crippen LogP contribution in [0.25, 0.3) is 0 Å². The highest BCUT2D eigenvalue weighted by Gasteiger charge is 1.96. The zero-order valence-electron chi connectivity index (χ0n) is 26.0. The van der Waals surface area contributed by atoms with Gasteiger partial charge in [-0.3, -0.25) is 0 Å². The molecule has 0 amide bonds. The van der Waals surface area contributed by atoms with Gasteiger partial charge in [0.25, 0.3) is 0 Å². The van der Waals surface area contributed by atoms with Crippen LogP contribution in [-0.2, 0) is 33.2 Å². The Hall–Kier alpha value is -0.580. The number of hydrogen-bond donors (Lipinski definition) is 1. The van der Waals surface area contributed by atoms with Crippen molar-refractivity contribution in [1.29, 1.82) is 0 Å². The van der Waals surface area contributed by atoms with Crippen LogP contribution in [0.5, 0.6) is 0 Å². The molecule has 0 aromatic carbocycles. The first-order valence-corrected chi connectivity index (χ1v) is 16.2. The lowest BCUT2D eigenvalue weighted by atomic mass is 10.1. The Kier molecular flexibility index (Phi) is 37.9. The lowest BCUT2D eigenvalue weighted by Crippen LogP contribution is -2.14. The average Bonchev–Trinajstić information content (AvgIpc) is 2.97. The molecule has 0 aliphatic heterocycles. The molecule has 0 aromatic heterocycles. The van der Waals surface area contributed by atoms with Crippen LogP contribution in [0.15, 0.2) is 12.2 Å². The predicted octanol–water partition coefficient (Wildman–Crippen LogP) is 6.13. The lowest BCUT2D eigenvalue weighted by Gasteiger charge is -2.08. The van der Waals surface area contributed by atoms with Gasteiger partial charge in [0, 0.05) is 6.61 Å². The maximum Gasteiger partial charge on any atom is 0.0701 e. The molecule has 0 rings (SSSR count). The molecule has 0 unspecified atom stereocenters. The van der Waals surface area contributed by atoms with Crippen LogP contribution in [-0.4, -0.2) is 104 Å². The molecule has 0 saturated carbocycles. The number of aliphatic hydroxyl groups is 1. The van der Waals surface area contributed by atoms with Crippen LogP contribution in [0, 0.1) is 0 Å². The van der Waals surface area contributed by atoms with E-state index in [1.165, 1.54) is 83.5 Å². The predicted molar refractivity (Wildman–Crippen MR) is 162 cm³/mol. The summed E-state index contributed by atoms with van der Waals surface area (Å²) in [6, 6.07) is 0. The summed E-state index contributed by atoms with van der Waals surface area (Å²) in [5.41, 5.74) is 0. The summed E-state index contributed by atoms with van der Waals surface area (Å²) in [4.78, 5) is 0. The Labute approximate surface area is 246 Å². The van der Waals surface area contributed by atoms with Crippen LogP contribution in [0.1, 0.15) is 96.8 Å².